The van der Waals surface area contributed by atoms with Gasteiger partial charge in [-0.2, -0.15) is 0 Å². The largest absolute Gasteiger partial charge is 0.145 e. The average molecular weight is 262 g/mol. The third-order valence-electron chi connectivity index (χ3n) is 2.08. The number of hydrogen-bond donors (Lipinski definition) is 0. The van der Waals surface area contributed by atoms with Crippen molar-refractivity contribution in [1.82, 2.24) is 0 Å². The van der Waals surface area contributed by atoms with Crippen molar-refractivity contribution in [3.63, 3.8) is 0 Å². The predicted octanol–water partition coefficient (Wildman–Crippen LogP) is 4.43. The topological polar surface area (TPSA) is 0 Å². The summed E-state index contributed by atoms with van der Waals surface area (Å²) in [5.74, 6) is 0. The minimum Gasteiger partial charge on any atom is -0.108 e. The first-order chi connectivity index (χ1) is 6.33. The lowest BCUT2D eigenvalue weighted by Gasteiger charge is -2.22. The Bertz CT molecular complexity index is 412. The van der Waals surface area contributed by atoms with E-state index in [9.17, 15) is 0 Å². The van der Waals surface area contributed by atoms with Gasteiger partial charge in [0.1, 0.15) is 3.14 Å². The highest BCUT2D eigenvalue weighted by Gasteiger charge is 2.32. The number of hydrogen-bond acceptors (Lipinski definition) is 5. The molecule has 68 valence electrons. The van der Waals surface area contributed by atoms with Crippen molar-refractivity contribution < 1.29 is 0 Å². The van der Waals surface area contributed by atoms with Crippen LogP contribution >= 0.6 is 58.4 Å². The van der Waals surface area contributed by atoms with Crippen LogP contribution in [-0.4, -0.2) is 10.5 Å². The van der Waals surface area contributed by atoms with Gasteiger partial charge < -0.3 is 0 Å². The van der Waals surface area contributed by atoms with Crippen LogP contribution in [0.4, 0.5) is 0 Å². The highest BCUT2D eigenvalue weighted by Crippen LogP contribution is 2.53. The molecule has 0 aromatic carbocycles. The molecule has 5 heteroatoms. The Morgan fingerprint density at radius 2 is 2.00 bits per heavy atom. The molecule has 13 heavy (non-hydrogen) atoms. The molecule has 1 aliphatic heterocycles. The van der Waals surface area contributed by atoms with E-state index in [4.69, 9.17) is 12.2 Å². The molecule has 0 amide bonds. The van der Waals surface area contributed by atoms with Crippen molar-refractivity contribution in [2.24, 2.45) is 0 Å². The molecule has 3 rings (SSSR count). The summed E-state index contributed by atoms with van der Waals surface area (Å²) < 4.78 is 3.99. The van der Waals surface area contributed by atoms with Crippen molar-refractivity contribution >= 4 is 58.4 Å². The second-order valence-corrected chi connectivity index (χ2v) is 9.11. The van der Waals surface area contributed by atoms with Gasteiger partial charge in [-0.3, -0.25) is 0 Å². The highest BCUT2D eigenvalue weighted by molar-refractivity contribution is 8.09. The molecule has 0 unspecified atom stereocenters. The van der Waals surface area contributed by atoms with Crippen LogP contribution in [-0.2, 0) is 0 Å². The Morgan fingerprint density at radius 1 is 1.23 bits per heavy atom. The Morgan fingerprint density at radius 3 is 2.85 bits per heavy atom. The molecule has 0 nitrogen and oxygen atoms in total. The zero-order chi connectivity index (χ0) is 8.84. The van der Waals surface area contributed by atoms with Gasteiger partial charge in [0.25, 0.3) is 0 Å². The van der Waals surface area contributed by atoms with E-state index in [2.05, 4.69) is 12.2 Å². The van der Waals surface area contributed by atoms with E-state index in [1.807, 2.05) is 23.5 Å². The summed E-state index contributed by atoms with van der Waals surface area (Å²) in [5.41, 5.74) is 0. The zero-order valence-electron chi connectivity index (χ0n) is 6.56. The third-order valence-corrected chi connectivity index (χ3v) is 8.34. The fourth-order valence-electron chi connectivity index (χ4n) is 1.50. The molecule has 2 heterocycles. The van der Waals surface area contributed by atoms with Gasteiger partial charge in [-0.25, -0.2) is 0 Å². The van der Waals surface area contributed by atoms with Crippen LogP contribution in [0.15, 0.2) is 20.6 Å². The summed E-state index contributed by atoms with van der Waals surface area (Å²) in [5, 5.41) is 1.48. The predicted molar refractivity (Wildman–Crippen MR) is 66.1 cm³/mol. The van der Waals surface area contributed by atoms with Crippen molar-refractivity contribution in [3.05, 3.63) is 15.3 Å². The molecule has 0 bridgehead atoms. The van der Waals surface area contributed by atoms with Crippen molar-refractivity contribution in [3.8, 4) is 0 Å². The van der Waals surface area contributed by atoms with Crippen molar-refractivity contribution in [1.29, 1.82) is 0 Å². The maximum atomic E-state index is 5.20. The lowest BCUT2D eigenvalue weighted by molar-refractivity contribution is 0.958. The molecule has 1 aromatic rings. The Balaban J connectivity index is 2.03. The second-order valence-electron chi connectivity index (χ2n) is 2.93. The smallest absolute Gasteiger partial charge is 0.108 e. The quantitative estimate of drug-likeness (QED) is 0.501. The molecular formula is C8H6S5. The van der Waals surface area contributed by atoms with Gasteiger partial charge in [0.2, 0.25) is 0 Å². The van der Waals surface area contributed by atoms with E-state index >= 15 is 0 Å². The number of fused-ring (bicyclic) bond motifs is 2. The Kier molecular flexibility index (Phi) is 2.33. The molecule has 0 spiro atoms. The first kappa shape index (κ1) is 8.97. The Hall–Kier alpha value is 0.710. The van der Waals surface area contributed by atoms with Gasteiger partial charge in [-0.05, 0) is 6.42 Å². The summed E-state index contributed by atoms with van der Waals surface area (Å²) in [7, 11) is 0. The number of rotatable bonds is 0. The molecule has 0 saturated heterocycles. The van der Waals surface area contributed by atoms with Crippen LogP contribution in [0.1, 0.15) is 6.42 Å². The zero-order valence-corrected chi connectivity index (χ0v) is 10.6. The molecule has 0 saturated carbocycles. The van der Waals surface area contributed by atoms with Crippen molar-refractivity contribution in [2.75, 3.05) is 0 Å². The van der Waals surface area contributed by atoms with E-state index in [-0.39, 0.29) is 0 Å². The van der Waals surface area contributed by atoms with Crippen LogP contribution < -0.4 is 0 Å². The van der Waals surface area contributed by atoms with E-state index in [1.54, 1.807) is 22.7 Å². The highest BCUT2D eigenvalue weighted by atomic mass is 32.2. The van der Waals surface area contributed by atoms with Crippen LogP contribution in [0, 0.1) is 3.14 Å². The molecule has 2 aliphatic rings. The minimum absolute atomic E-state index is 0.706. The third kappa shape index (κ3) is 1.55. The molecule has 0 N–H and O–H groups in total. The van der Waals surface area contributed by atoms with Gasteiger partial charge in [-0.15, -0.1) is 46.2 Å². The molecule has 0 fully saturated rings. The molecule has 1 aliphatic carbocycles. The van der Waals surface area contributed by atoms with Gasteiger partial charge >= 0.3 is 0 Å². The molecule has 2 atom stereocenters. The lowest BCUT2D eigenvalue weighted by atomic mass is 10.3. The summed E-state index contributed by atoms with van der Waals surface area (Å²) >= 11 is 12.8. The van der Waals surface area contributed by atoms with Gasteiger partial charge in [0.05, 0.1) is 8.42 Å². The SMILES string of the molecule is S=c1sc2c(s1)S[C@@H]1C=CC[C@@H]1S2. The monoisotopic (exact) mass is 262 g/mol. The number of allylic oxidation sites excluding steroid dienone is 1. The normalized spacial score (nSPS) is 30.2. The first-order valence-corrected chi connectivity index (χ1v) is 7.77. The lowest BCUT2D eigenvalue weighted by Crippen LogP contribution is -2.14. The van der Waals surface area contributed by atoms with E-state index in [1.165, 1.54) is 14.8 Å². The summed E-state index contributed by atoms with van der Waals surface area (Å²) in [6, 6.07) is 0. The van der Waals surface area contributed by atoms with Crippen LogP contribution in [0.2, 0.25) is 0 Å². The van der Waals surface area contributed by atoms with E-state index in [0.717, 1.165) is 8.39 Å². The maximum absolute atomic E-state index is 5.20. The molecule has 0 radical (unpaired) electrons. The first-order valence-electron chi connectivity index (χ1n) is 3.97. The number of thioether (sulfide) groups is 2. The van der Waals surface area contributed by atoms with E-state index < -0.39 is 0 Å². The van der Waals surface area contributed by atoms with Gasteiger partial charge in [0, 0.05) is 10.5 Å². The second kappa shape index (κ2) is 3.38. The van der Waals surface area contributed by atoms with Gasteiger partial charge in [0.15, 0.2) is 0 Å². The maximum Gasteiger partial charge on any atom is 0.145 e. The fourth-order valence-corrected chi connectivity index (χ4v) is 8.36. The van der Waals surface area contributed by atoms with Crippen LogP contribution in [0.25, 0.3) is 0 Å². The van der Waals surface area contributed by atoms with Crippen LogP contribution in [0.5, 0.6) is 0 Å². The summed E-state index contributed by atoms with van der Waals surface area (Å²) in [4.78, 5) is 0. The summed E-state index contributed by atoms with van der Waals surface area (Å²) in [6.45, 7) is 0. The van der Waals surface area contributed by atoms with E-state index in [0.29, 0.717) is 5.25 Å². The Labute approximate surface area is 98.5 Å². The van der Waals surface area contributed by atoms with Crippen LogP contribution in [0.3, 0.4) is 0 Å². The molecule has 1 aromatic heterocycles. The fraction of sp³-hybridized carbons (Fsp3) is 0.375. The van der Waals surface area contributed by atoms with Crippen molar-refractivity contribution in [2.45, 2.75) is 25.3 Å². The standard InChI is InChI=1S/C8H6S5/c9-8-12-6-7(13-8)11-5-3-1-2-4(5)10-6/h1-2,4-5H,3H2/t4-,5+/m1/s1. The minimum atomic E-state index is 0.706. The van der Waals surface area contributed by atoms with Gasteiger partial charge in [-0.1, -0.05) is 24.4 Å². The average Bonchev–Trinajstić information content (AvgIpc) is 2.63. The molecular weight excluding hydrogens is 256 g/mol. The summed E-state index contributed by atoms with van der Waals surface area (Å²) in [6.07, 6.45) is 5.89.